The molecule has 184 valence electrons. The Morgan fingerprint density at radius 2 is 1.91 bits per heavy atom. The maximum atomic E-state index is 11.5. The molecule has 0 saturated heterocycles. The standard InChI is InChI=1S/C29H36N4O2/c1-3-4-5-6-7-21-8-10-23(11-9-21)33(2)24-12-13-25-22(18-24)14-17-31-28(25)20-32-27-19-30-16-15-26(27)29(34)35/h8-13,15-16,18-19,28,31-32H,3-7,14,17,20H2,1-2H3,(H,34,35). The molecule has 2 aromatic carbocycles. The Kier molecular flexibility index (Phi) is 8.37. The van der Waals surface area contributed by atoms with Crippen LogP contribution in [-0.4, -0.2) is 36.2 Å². The molecule has 1 aromatic heterocycles. The minimum absolute atomic E-state index is 0.104. The SMILES string of the molecule is CCCCCCc1ccc(N(C)c2ccc3c(c2)CCNC3CNc2cnccc2C(=O)O)cc1. The number of unbranched alkanes of at least 4 members (excludes halogenated alkanes) is 3. The van der Waals surface area contributed by atoms with Gasteiger partial charge in [-0.05, 0) is 72.8 Å². The maximum absolute atomic E-state index is 11.5. The van der Waals surface area contributed by atoms with Gasteiger partial charge in [-0.15, -0.1) is 0 Å². The van der Waals surface area contributed by atoms with Crippen molar-refractivity contribution < 1.29 is 9.90 Å². The Morgan fingerprint density at radius 3 is 2.69 bits per heavy atom. The number of fused-ring (bicyclic) bond motifs is 1. The van der Waals surface area contributed by atoms with Crippen molar-refractivity contribution in [2.45, 2.75) is 51.5 Å². The van der Waals surface area contributed by atoms with E-state index in [4.69, 9.17) is 0 Å². The first kappa shape index (κ1) is 24.7. The molecule has 1 aliphatic rings. The molecular formula is C29H36N4O2. The zero-order chi connectivity index (χ0) is 24.6. The summed E-state index contributed by atoms with van der Waals surface area (Å²) in [4.78, 5) is 17.8. The monoisotopic (exact) mass is 472 g/mol. The predicted octanol–water partition coefficient (Wildman–Crippen LogP) is 5.97. The van der Waals surface area contributed by atoms with Crippen LogP contribution >= 0.6 is 0 Å². The Morgan fingerprint density at radius 1 is 1.11 bits per heavy atom. The molecule has 35 heavy (non-hydrogen) atoms. The lowest BCUT2D eigenvalue weighted by Gasteiger charge is -2.29. The smallest absolute Gasteiger partial charge is 0.337 e. The van der Waals surface area contributed by atoms with Crippen molar-refractivity contribution in [3.05, 3.63) is 83.2 Å². The minimum atomic E-state index is -0.955. The minimum Gasteiger partial charge on any atom is -0.478 e. The molecular weight excluding hydrogens is 436 g/mol. The number of carboxylic acid groups (broad SMARTS) is 1. The number of aromatic carboxylic acids is 1. The highest BCUT2D eigenvalue weighted by Crippen LogP contribution is 2.31. The Bertz CT molecular complexity index is 1130. The van der Waals surface area contributed by atoms with Gasteiger partial charge in [0.15, 0.2) is 0 Å². The predicted molar refractivity (Wildman–Crippen MR) is 143 cm³/mol. The summed E-state index contributed by atoms with van der Waals surface area (Å²) in [5.74, 6) is -0.955. The number of carbonyl (C=O) groups is 1. The van der Waals surface area contributed by atoms with E-state index in [9.17, 15) is 9.90 Å². The first-order chi connectivity index (χ1) is 17.1. The summed E-state index contributed by atoms with van der Waals surface area (Å²) in [5.41, 5.74) is 7.13. The van der Waals surface area contributed by atoms with Crippen LogP contribution in [-0.2, 0) is 12.8 Å². The van der Waals surface area contributed by atoms with Crippen molar-refractivity contribution in [1.29, 1.82) is 0 Å². The van der Waals surface area contributed by atoms with E-state index in [1.54, 1.807) is 6.20 Å². The van der Waals surface area contributed by atoms with Crippen molar-refractivity contribution in [3.8, 4) is 0 Å². The highest BCUT2D eigenvalue weighted by atomic mass is 16.4. The average molecular weight is 473 g/mol. The van der Waals surface area contributed by atoms with E-state index < -0.39 is 5.97 Å². The van der Waals surface area contributed by atoms with Crippen LogP contribution in [0.15, 0.2) is 60.9 Å². The second-order valence-electron chi connectivity index (χ2n) is 9.28. The summed E-state index contributed by atoms with van der Waals surface area (Å²) < 4.78 is 0. The molecule has 0 saturated carbocycles. The van der Waals surface area contributed by atoms with Gasteiger partial charge in [0, 0.05) is 37.2 Å². The first-order valence-electron chi connectivity index (χ1n) is 12.7. The largest absolute Gasteiger partial charge is 0.478 e. The van der Waals surface area contributed by atoms with Crippen LogP contribution in [0.5, 0.6) is 0 Å². The number of nitrogens with zero attached hydrogens (tertiary/aromatic N) is 2. The van der Waals surface area contributed by atoms with E-state index in [2.05, 4.69) is 77.0 Å². The first-order valence-corrected chi connectivity index (χ1v) is 12.7. The molecule has 1 atom stereocenters. The number of aromatic nitrogens is 1. The van der Waals surface area contributed by atoms with Gasteiger partial charge in [-0.3, -0.25) is 4.98 Å². The van der Waals surface area contributed by atoms with Gasteiger partial charge in [0.25, 0.3) is 0 Å². The van der Waals surface area contributed by atoms with Gasteiger partial charge >= 0.3 is 5.97 Å². The molecule has 3 N–H and O–H groups in total. The zero-order valence-electron chi connectivity index (χ0n) is 20.8. The number of hydrogen-bond donors (Lipinski definition) is 3. The van der Waals surface area contributed by atoms with E-state index in [1.165, 1.54) is 66.0 Å². The molecule has 0 amide bonds. The lowest BCUT2D eigenvalue weighted by molar-refractivity contribution is 0.0697. The Hall–Kier alpha value is -3.38. The third-order valence-electron chi connectivity index (χ3n) is 6.87. The van der Waals surface area contributed by atoms with Gasteiger partial charge in [0.2, 0.25) is 0 Å². The molecule has 4 rings (SSSR count). The topological polar surface area (TPSA) is 77.5 Å². The van der Waals surface area contributed by atoms with E-state index in [-0.39, 0.29) is 11.6 Å². The average Bonchev–Trinajstić information content (AvgIpc) is 2.89. The molecule has 3 aromatic rings. The summed E-state index contributed by atoms with van der Waals surface area (Å²) in [6.45, 7) is 3.73. The van der Waals surface area contributed by atoms with Crippen molar-refractivity contribution in [2.24, 2.45) is 0 Å². The van der Waals surface area contributed by atoms with Gasteiger partial charge in [-0.1, -0.05) is 44.4 Å². The highest BCUT2D eigenvalue weighted by Gasteiger charge is 2.21. The Labute approximate surface area is 208 Å². The van der Waals surface area contributed by atoms with Crippen LogP contribution in [0.25, 0.3) is 0 Å². The third-order valence-corrected chi connectivity index (χ3v) is 6.87. The fraction of sp³-hybridized carbons (Fsp3) is 0.379. The molecule has 1 aliphatic heterocycles. The van der Waals surface area contributed by atoms with Crippen LogP contribution in [0, 0.1) is 0 Å². The molecule has 0 spiro atoms. The van der Waals surface area contributed by atoms with Crippen molar-refractivity contribution in [1.82, 2.24) is 10.3 Å². The number of carboxylic acids is 1. The van der Waals surface area contributed by atoms with Crippen LogP contribution < -0.4 is 15.5 Å². The molecule has 6 heteroatoms. The lowest BCUT2D eigenvalue weighted by Crippen LogP contribution is -2.34. The highest BCUT2D eigenvalue weighted by molar-refractivity contribution is 5.93. The molecule has 6 nitrogen and oxygen atoms in total. The number of anilines is 3. The van der Waals surface area contributed by atoms with Gasteiger partial charge in [0.05, 0.1) is 17.4 Å². The van der Waals surface area contributed by atoms with Crippen LogP contribution in [0.3, 0.4) is 0 Å². The lowest BCUT2D eigenvalue weighted by atomic mass is 9.93. The number of benzene rings is 2. The molecule has 1 unspecified atom stereocenters. The molecule has 0 bridgehead atoms. The van der Waals surface area contributed by atoms with Crippen LogP contribution in [0.2, 0.25) is 0 Å². The quantitative estimate of drug-likeness (QED) is 0.299. The number of rotatable bonds is 11. The van der Waals surface area contributed by atoms with Crippen LogP contribution in [0.1, 0.15) is 65.7 Å². The molecule has 2 heterocycles. The maximum Gasteiger partial charge on any atom is 0.337 e. The van der Waals surface area contributed by atoms with Crippen molar-refractivity contribution in [3.63, 3.8) is 0 Å². The number of pyridine rings is 1. The fourth-order valence-electron chi connectivity index (χ4n) is 4.76. The molecule has 0 radical (unpaired) electrons. The van der Waals surface area contributed by atoms with Gasteiger partial charge in [-0.2, -0.15) is 0 Å². The Balaban J connectivity index is 1.42. The summed E-state index contributed by atoms with van der Waals surface area (Å²) >= 11 is 0. The van der Waals surface area contributed by atoms with Crippen molar-refractivity contribution >= 4 is 23.0 Å². The van der Waals surface area contributed by atoms with Gasteiger partial charge in [0.1, 0.15) is 0 Å². The molecule has 0 fully saturated rings. The second kappa shape index (κ2) is 11.8. The van der Waals surface area contributed by atoms with Crippen molar-refractivity contribution in [2.75, 3.05) is 30.4 Å². The summed E-state index contributed by atoms with van der Waals surface area (Å²) in [5, 5.41) is 16.3. The summed E-state index contributed by atoms with van der Waals surface area (Å²) in [6.07, 6.45) is 10.4. The van der Waals surface area contributed by atoms with Gasteiger partial charge < -0.3 is 20.6 Å². The summed E-state index contributed by atoms with van der Waals surface area (Å²) in [6, 6.07) is 17.2. The zero-order valence-corrected chi connectivity index (χ0v) is 20.8. The van der Waals surface area contributed by atoms with E-state index in [1.807, 2.05) is 0 Å². The number of aryl methyl sites for hydroxylation is 1. The number of nitrogens with one attached hydrogen (secondary N) is 2. The number of hydrogen-bond acceptors (Lipinski definition) is 5. The fourth-order valence-corrected chi connectivity index (χ4v) is 4.76. The summed E-state index contributed by atoms with van der Waals surface area (Å²) in [7, 11) is 2.12. The normalized spacial score (nSPS) is 14.9. The van der Waals surface area contributed by atoms with E-state index >= 15 is 0 Å². The van der Waals surface area contributed by atoms with Gasteiger partial charge in [-0.25, -0.2) is 4.79 Å². The third kappa shape index (κ3) is 6.20. The second-order valence-corrected chi connectivity index (χ2v) is 9.28. The van der Waals surface area contributed by atoms with Crippen LogP contribution in [0.4, 0.5) is 17.1 Å². The van der Waals surface area contributed by atoms with E-state index in [0.29, 0.717) is 12.2 Å². The molecule has 0 aliphatic carbocycles. The van der Waals surface area contributed by atoms with E-state index in [0.717, 1.165) is 19.4 Å².